The van der Waals surface area contributed by atoms with Gasteiger partial charge in [0.1, 0.15) is 0 Å². The van der Waals surface area contributed by atoms with E-state index < -0.39 is 0 Å². The van der Waals surface area contributed by atoms with E-state index in [1.54, 1.807) is 4.90 Å². The third-order valence-corrected chi connectivity index (χ3v) is 6.09. The molecule has 3 aliphatic heterocycles. The summed E-state index contributed by atoms with van der Waals surface area (Å²) in [5.41, 5.74) is 0.891. The van der Waals surface area contributed by atoms with E-state index >= 15 is 0 Å². The lowest BCUT2D eigenvalue weighted by Crippen LogP contribution is -2.46. The summed E-state index contributed by atoms with van der Waals surface area (Å²) in [5.74, 6) is 0.681. The highest BCUT2D eigenvalue weighted by Gasteiger charge is 2.38. The van der Waals surface area contributed by atoms with Gasteiger partial charge < -0.3 is 14.5 Å². The molecule has 0 radical (unpaired) electrons. The van der Waals surface area contributed by atoms with E-state index in [-0.39, 0.29) is 17.7 Å². The molecule has 0 aromatic heterocycles. The number of para-hydroxylation sites is 1. The molecule has 1 aromatic rings. The van der Waals surface area contributed by atoms with Gasteiger partial charge in [0.15, 0.2) is 0 Å². The number of piperidine rings is 1. The van der Waals surface area contributed by atoms with E-state index in [2.05, 4.69) is 4.90 Å². The molecule has 0 N–H and O–H groups in total. The summed E-state index contributed by atoms with van der Waals surface area (Å²) >= 11 is 0. The van der Waals surface area contributed by atoms with E-state index in [1.807, 2.05) is 35.2 Å². The third-order valence-electron chi connectivity index (χ3n) is 6.09. The lowest BCUT2D eigenvalue weighted by molar-refractivity contribution is -0.137. The number of carbonyl (C=O) groups is 2. The summed E-state index contributed by atoms with van der Waals surface area (Å²) in [6.07, 6.45) is 2.46. The zero-order valence-corrected chi connectivity index (χ0v) is 15.9. The van der Waals surface area contributed by atoms with Crippen LogP contribution >= 0.6 is 0 Å². The lowest BCUT2D eigenvalue weighted by atomic mass is 9.94. The monoisotopic (exact) mass is 371 g/mol. The van der Waals surface area contributed by atoms with Crippen molar-refractivity contribution in [3.8, 4) is 0 Å². The number of amides is 2. The molecule has 146 valence electrons. The number of ether oxygens (including phenoxy) is 1. The van der Waals surface area contributed by atoms with Crippen LogP contribution in [0.1, 0.15) is 19.3 Å². The summed E-state index contributed by atoms with van der Waals surface area (Å²) in [5, 5.41) is 0. The van der Waals surface area contributed by atoms with Crippen LogP contribution in [0.2, 0.25) is 0 Å². The maximum absolute atomic E-state index is 12.9. The van der Waals surface area contributed by atoms with Crippen molar-refractivity contribution < 1.29 is 14.3 Å². The Morgan fingerprint density at radius 3 is 2.44 bits per heavy atom. The normalized spacial score (nSPS) is 25.2. The first-order valence-corrected chi connectivity index (χ1v) is 10.1. The molecule has 6 nitrogen and oxygen atoms in total. The van der Waals surface area contributed by atoms with Crippen molar-refractivity contribution in [2.45, 2.75) is 19.3 Å². The van der Waals surface area contributed by atoms with Gasteiger partial charge in [-0.1, -0.05) is 18.2 Å². The molecule has 4 rings (SSSR count). The fourth-order valence-electron chi connectivity index (χ4n) is 4.47. The zero-order chi connectivity index (χ0) is 18.6. The minimum atomic E-state index is -0.200. The summed E-state index contributed by atoms with van der Waals surface area (Å²) in [4.78, 5) is 31.6. The quantitative estimate of drug-likeness (QED) is 0.807. The van der Waals surface area contributed by atoms with Crippen molar-refractivity contribution in [1.29, 1.82) is 0 Å². The predicted octanol–water partition coefficient (Wildman–Crippen LogP) is 1.61. The molecule has 3 aliphatic rings. The minimum Gasteiger partial charge on any atom is -0.379 e. The fourth-order valence-corrected chi connectivity index (χ4v) is 4.47. The molecular formula is C21H29N3O3. The number of benzene rings is 1. The molecule has 0 unspecified atom stereocenters. The molecule has 3 saturated heterocycles. The number of morpholine rings is 1. The van der Waals surface area contributed by atoms with E-state index in [9.17, 15) is 9.59 Å². The molecule has 0 spiro atoms. The van der Waals surface area contributed by atoms with E-state index in [1.165, 1.54) is 0 Å². The Hall–Kier alpha value is -1.92. The number of anilines is 1. The van der Waals surface area contributed by atoms with Gasteiger partial charge in [0, 0.05) is 51.4 Å². The maximum atomic E-state index is 12.9. The van der Waals surface area contributed by atoms with E-state index in [0.29, 0.717) is 18.9 Å². The Kier molecular flexibility index (Phi) is 5.74. The Morgan fingerprint density at radius 2 is 1.74 bits per heavy atom. The van der Waals surface area contributed by atoms with Crippen LogP contribution in [0, 0.1) is 11.8 Å². The summed E-state index contributed by atoms with van der Waals surface area (Å²) in [6.45, 7) is 7.01. The van der Waals surface area contributed by atoms with Gasteiger partial charge >= 0.3 is 0 Å². The van der Waals surface area contributed by atoms with Crippen LogP contribution < -0.4 is 4.90 Å². The van der Waals surface area contributed by atoms with Gasteiger partial charge in [-0.2, -0.15) is 0 Å². The minimum absolute atomic E-state index is 0.0572. The molecule has 0 bridgehead atoms. The number of nitrogens with zero attached hydrogens (tertiary/aromatic N) is 3. The first-order chi connectivity index (χ1) is 13.2. The van der Waals surface area contributed by atoms with Crippen molar-refractivity contribution in [2.24, 2.45) is 11.8 Å². The average Bonchev–Trinajstić information content (AvgIpc) is 3.11. The Bertz CT molecular complexity index is 652. The van der Waals surface area contributed by atoms with Crippen LogP contribution in [-0.4, -0.2) is 74.1 Å². The molecule has 1 aromatic carbocycles. The number of hydrogen-bond donors (Lipinski definition) is 0. The number of carbonyl (C=O) groups excluding carboxylic acids is 2. The second kappa shape index (κ2) is 8.40. The summed E-state index contributed by atoms with van der Waals surface area (Å²) < 4.78 is 5.42. The number of hydrogen-bond acceptors (Lipinski definition) is 4. The van der Waals surface area contributed by atoms with Gasteiger partial charge in [-0.05, 0) is 30.9 Å². The molecule has 0 saturated carbocycles. The van der Waals surface area contributed by atoms with Crippen LogP contribution in [0.25, 0.3) is 0 Å². The van der Waals surface area contributed by atoms with Crippen molar-refractivity contribution in [1.82, 2.24) is 9.80 Å². The van der Waals surface area contributed by atoms with Gasteiger partial charge in [0.25, 0.3) is 0 Å². The van der Waals surface area contributed by atoms with Crippen LogP contribution in [-0.2, 0) is 14.3 Å². The highest BCUT2D eigenvalue weighted by atomic mass is 16.5. The second-order valence-electron chi connectivity index (χ2n) is 7.92. The Morgan fingerprint density at radius 1 is 1.04 bits per heavy atom. The summed E-state index contributed by atoms with van der Waals surface area (Å²) in [7, 11) is 0. The Labute approximate surface area is 161 Å². The fraction of sp³-hybridized carbons (Fsp3) is 0.619. The van der Waals surface area contributed by atoms with Crippen LogP contribution in [0.3, 0.4) is 0 Å². The molecule has 3 fully saturated rings. The highest BCUT2D eigenvalue weighted by molar-refractivity contribution is 6.00. The predicted molar refractivity (Wildman–Crippen MR) is 103 cm³/mol. The van der Waals surface area contributed by atoms with Crippen molar-refractivity contribution >= 4 is 17.5 Å². The average molecular weight is 371 g/mol. The molecule has 27 heavy (non-hydrogen) atoms. The smallest absolute Gasteiger partial charge is 0.228 e. The van der Waals surface area contributed by atoms with Crippen molar-refractivity contribution in [2.75, 3.05) is 57.4 Å². The molecule has 3 heterocycles. The standard InChI is InChI=1S/C21H29N3O3/c25-20-14-18(16-24(20)19-4-2-1-3-5-19)21(26)23-8-6-17(7-9-23)15-22-10-12-27-13-11-22/h1-5,17-18H,6-16H2/t18-/m1/s1. The molecule has 2 amide bonds. The SMILES string of the molecule is O=C([C@@H]1CC(=O)N(c2ccccc2)C1)N1CCC(CN2CCOCC2)CC1. The third kappa shape index (κ3) is 4.33. The van der Waals surface area contributed by atoms with Gasteiger partial charge in [0.05, 0.1) is 19.1 Å². The topological polar surface area (TPSA) is 53.1 Å². The maximum Gasteiger partial charge on any atom is 0.228 e. The van der Waals surface area contributed by atoms with Gasteiger partial charge in [-0.3, -0.25) is 14.5 Å². The number of likely N-dealkylation sites (tertiary alicyclic amines) is 1. The highest BCUT2D eigenvalue weighted by Crippen LogP contribution is 2.28. The first kappa shape index (κ1) is 18.4. The molecule has 0 aliphatic carbocycles. The van der Waals surface area contributed by atoms with E-state index in [4.69, 9.17) is 4.74 Å². The van der Waals surface area contributed by atoms with Crippen molar-refractivity contribution in [3.05, 3.63) is 30.3 Å². The summed E-state index contributed by atoms with van der Waals surface area (Å²) in [6, 6.07) is 9.66. The lowest BCUT2D eigenvalue weighted by Gasteiger charge is -2.36. The second-order valence-corrected chi connectivity index (χ2v) is 7.92. The molecular weight excluding hydrogens is 342 g/mol. The largest absolute Gasteiger partial charge is 0.379 e. The molecule has 6 heteroatoms. The number of rotatable bonds is 4. The van der Waals surface area contributed by atoms with Crippen molar-refractivity contribution in [3.63, 3.8) is 0 Å². The zero-order valence-electron chi connectivity index (χ0n) is 15.9. The van der Waals surface area contributed by atoms with Crippen LogP contribution in [0.4, 0.5) is 5.69 Å². The Balaban J connectivity index is 1.27. The van der Waals surface area contributed by atoms with Gasteiger partial charge in [-0.15, -0.1) is 0 Å². The first-order valence-electron chi connectivity index (χ1n) is 10.1. The van der Waals surface area contributed by atoms with Crippen LogP contribution in [0.5, 0.6) is 0 Å². The van der Waals surface area contributed by atoms with Gasteiger partial charge in [0.2, 0.25) is 11.8 Å². The van der Waals surface area contributed by atoms with Gasteiger partial charge in [-0.25, -0.2) is 0 Å². The van der Waals surface area contributed by atoms with E-state index in [0.717, 1.165) is 64.5 Å². The molecule has 1 atom stereocenters. The van der Waals surface area contributed by atoms with Crippen LogP contribution in [0.15, 0.2) is 30.3 Å².